The van der Waals surface area contributed by atoms with Gasteiger partial charge in [-0.3, -0.25) is 0 Å². The number of methoxy groups -OCH3 is 2. The van der Waals surface area contributed by atoms with E-state index >= 15 is 0 Å². The molecular weight excluding hydrogens is 276 g/mol. The molecule has 22 heavy (non-hydrogen) atoms. The molecule has 0 unspecified atom stereocenters. The van der Waals surface area contributed by atoms with E-state index in [0.717, 1.165) is 16.7 Å². The summed E-state index contributed by atoms with van der Waals surface area (Å²) in [6.45, 7) is 0. The Labute approximate surface area is 130 Å². The fraction of sp³-hybridized carbons (Fsp3) is 0.105. The van der Waals surface area contributed by atoms with E-state index in [-0.39, 0.29) is 0 Å². The molecule has 2 aromatic carbocycles. The first-order valence-electron chi connectivity index (χ1n) is 6.90. The summed E-state index contributed by atoms with van der Waals surface area (Å²) in [6, 6.07) is 17.6. The maximum Gasteiger partial charge on any atom is 0.341 e. The normalized spacial score (nSPS) is 11.5. The largest absolute Gasteiger partial charge is 0.503 e. The zero-order chi connectivity index (χ0) is 15.8. The SMILES string of the molecule is CO/C=C(/C(=O)OC)c1ccccc1C=Cc1ccccc1. The minimum absolute atomic E-state index is 0.387. The van der Waals surface area contributed by atoms with Crippen LogP contribution in [-0.4, -0.2) is 20.2 Å². The van der Waals surface area contributed by atoms with E-state index in [0.29, 0.717) is 5.57 Å². The van der Waals surface area contributed by atoms with Crippen molar-refractivity contribution in [1.29, 1.82) is 0 Å². The number of hydrogen-bond donors (Lipinski definition) is 0. The van der Waals surface area contributed by atoms with Crippen LogP contribution in [0.25, 0.3) is 17.7 Å². The van der Waals surface area contributed by atoms with E-state index in [1.54, 1.807) is 0 Å². The molecule has 2 rings (SSSR count). The van der Waals surface area contributed by atoms with Gasteiger partial charge in [0.15, 0.2) is 0 Å². The van der Waals surface area contributed by atoms with Crippen LogP contribution in [0.1, 0.15) is 16.7 Å². The summed E-state index contributed by atoms with van der Waals surface area (Å²) in [5.74, 6) is -0.428. The number of esters is 1. The van der Waals surface area contributed by atoms with Gasteiger partial charge in [-0.2, -0.15) is 0 Å². The standard InChI is InChI=1S/C19H18O3/c1-21-14-18(19(20)22-2)17-11-7-6-10-16(17)13-12-15-8-4-3-5-9-15/h3-14H,1-2H3/b13-12?,18-14+. The molecule has 0 aliphatic heterocycles. The van der Waals surface area contributed by atoms with E-state index in [4.69, 9.17) is 9.47 Å². The molecule has 0 saturated carbocycles. The molecule has 0 aromatic heterocycles. The van der Waals surface area contributed by atoms with Gasteiger partial charge in [-0.15, -0.1) is 0 Å². The molecule has 0 fully saturated rings. The van der Waals surface area contributed by atoms with Gasteiger partial charge >= 0.3 is 5.97 Å². The molecule has 3 nitrogen and oxygen atoms in total. The average molecular weight is 294 g/mol. The molecule has 2 aromatic rings. The highest BCUT2D eigenvalue weighted by Crippen LogP contribution is 2.22. The van der Waals surface area contributed by atoms with Gasteiger partial charge in [-0.25, -0.2) is 4.79 Å². The molecule has 0 aliphatic rings. The second-order valence-corrected chi connectivity index (χ2v) is 4.59. The summed E-state index contributed by atoms with van der Waals surface area (Å²) in [5.41, 5.74) is 3.16. The van der Waals surface area contributed by atoms with Crippen molar-refractivity contribution in [3.63, 3.8) is 0 Å². The highest BCUT2D eigenvalue weighted by molar-refractivity contribution is 6.17. The van der Waals surface area contributed by atoms with Crippen molar-refractivity contribution in [3.05, 3.63) is 77.5 Å². The molecule has 0 aliphatic carbocycles. The van der Waals surface area contributed by atoms with Crippen molar-refractivity contribution in [2.75, 3.05) is 14.2 Å². The zero-order valence-electron chi connectivity index (χ0n) is 12.7. The molecule has 0 bridgehead atoms. The molecular formula is C19H18O3. The molecule has 0 heterocycles. The summed E-state index contributed by atoms with van der Waals surface area (Å²) in [4.78, 5) is 11.9. The van der Waals surface area contributed by atoms with Gasteiger partial charge in [0.2, 0.25) is 0 Å². The Morgan fingerprint density at radius 3 is 2.27 bits per heavy atom. The summed E-state index contributed by atoms with van der Waals surface area (Å²) < 4.78 is 9.84. The van der Waals surface area contributed by atoms with Crippen molar-refractivity contribution in [3.8, 4) is 0 Å². The van der Waals surface area contributed by atoms with Gasteiger partial charge in [-0.1, -0.05) is 66.7 Å². The Hall–Kier alpha value is -2.81. The van der Waals surface area contributed by atoms with Gasteiger partial charge < -0.3 is 9.47 Å². The van der Waals surface area contributed by atoms with E-state index in [1.165, 1.54) is 20.5 Å². The number of carbonyl (C=O) groups excluding carboxylic acids is 1. The number of carbonyl (C=O) groups is 1. The first kappa shape index (κ1) is 15.6. The van der Waals surface area contributed by atoms with Crippen LogP contribution in [-0.2, 0) is 14.3 Å². The van der Waals surface area contributed by atoms with E-state index in [2.05, 4.69) is 0 Å². The Morgan fingerprint density at radius 1 is 0.909 bits per heavy atom. The first-order valence-corrected chi connectivity index (χ1v) is 6.90. The fourth-order valence-electron chi connectivity index (χ4n) is 2.09. The molecule has 0 atom stereocenters. The summed E-state index contributed by atoms with van der Waals surface area (Å²) in [7, 11) is 2.86. The summed E-state index contributed by atoms with van der Waals surface area (Å²) in [5, 5.41) is 0. The number of rotatable bonds is 5. The van der Waals surface area contributed by atoms with Gasteiger partial charge in [-0.05, 0) is 16.7 Å². The van der Waals surface area contributed by atoms with Crippen molar-refractivity contribution in [2.45, 2.75) is 0 Å². The van der Waals surface area contributed by atoms with Gasteiger partial charge in [0.25, 0.3) is 0 Å². The van der Waals surface area contributed by atoms with Crippen molar-refractivity contribution < 1.29 is 14.3 Å². The van der Waals surface area contributed by atoms with Crippen LogP contribution in [0.3, 0.4) is 0 Å². The number of hydrogen-bond acceptors (Lipinski definition) is 3. The topological polar surface area (TPSA) is 35.5 Å². The van der Waals surface area contributed by atoms with Crippen LogP contribution in [0, 0.1) is 0 Å². The maximum atomic E-state index is 11.9. The lowest BCUT2D eigenvalue weighted by molar-refractivity contribution is -0.133. The number of ether oxygens (including phenoxy) is 2. The fourth-order valence-corrected chi connectivity index (χ4v) is 2.09. The Bertz CT molecular complexity index is 685. The average Bonchev–Trinajstić information content (AvgIpc) is 2.58. The minimum Gasteiger partial charge on any atom is -0.503 e. The predicted molar refractivity (Wildman–Crippen MR) is 88.8 cm³/mol. The Balaban J connectivity index is 2.40. The van der Waals surface area contributed by atoms with Crippen molar-refractivity contribution in [2.24, 2.45) is 0 Å². The van der Waals surface area contributed by atoms with E-state index in [1.807, 2.05) is 66.7 Å². The van der Waals surface area contributed by atoms with Crippen LogP contribution in [0.2, 0.25) is 0 Å². The quantitative estimate of drug-likeness (QED) is 0.362. The molecule has 112 valence electrons. The first-order chi connectivity index (χ1) is 10.8. The third-order valence-electron chi connectivity index (χ3n) is 3.15. The molecule has 0 amide bonds. The van der Waals surface area contributed by atoms with Crippen LogP contribution in [0.4, 0.5) is 0 Å². The lowest BCUT2D eigenvalue weighted by Crippen LogP contribution is -2.05. The summed E-state index contributed by atoms with van der Waals surface area (Å²) in [6.07, 6.45) is 5.37. The maximum absolute atomic E-state index is 11.9. The second kappa shape index (κ2) is 7.84. The molecule has 0 saturated heterocycles. The molecule has 0 radical (unpaired) electrons. The van der Waals surface area contributed by atoms with Gasteiger partial charge in [0.05, 0.1) is 20.5 Å². The van der Waals surface area contributed by atoms with E-state index in [9.17, 15) is 4.79 Å². The zero-order valence-corrected chi connectivity index (χ0v) is 12.7. The van der Waals surface area contributed by atoms with Gasteiger partial charge in [0, 0.05) is 0 Å². The van der Waals surface area contributed by atoms with Crippen LogP contribution >= 0.6 is 0 Å². The molecule has 0 spiro atoms. The smallest absolute Gasteiger partial charge is 0.341 e. The predicted octanol–water partition coefficient (Wildman–Crippen LogP) is 4.02. The minimum atomic E-state index is -0.428. The molecule has 3 heteroatoms. The van der Waals surface area contributed by atoms with Crippen molar-refractivity contribution >= 4 is 23.7 Å². The third kappa shape index (κ3) is 3.85. The third-order valence-corrected chi connectivity index (χ3v) is 3.15. The number of benzene rings is 2. The highest BCUT2D eigenvalue weighted by Gasteiger charge is 2.15. The van der Waals surface area contributed by atoms with Crippen molar-refractivity contribution in [1.82, 2.24) is 0 Å². The highest BCUT2D eigenvalue weighted by atomic mass is 16.5. The van der Waals surface area contributed by atoms with Crippen LogP contribution < -0.4 is 0 Å². The monoisotopic (exact) mass is 294 g/mol. The Morgan fingerprint density at radius 2 is 1.59 bits per heavy atom. The van der Waals surface area contributed by atoms with Gasteiger partial charge in [0.1, 0.15) is 5.57 Å². The molecule has 0 N–H and O–H groups in total. The lowest BCUT2D eigenvalue weighted by atomic mass is 9.99. The van der Waals surface area contributed by atoms with E-state index < -0.39 is 5.97 Å². The van der Waals surface area contributed by atoms with Crippen LogP contribution in [0.15, 0.2) is 60.9 Å². The van der Waals surface area contributed by atoms with Crippen LogP contribution in [0.5, 0.6) is 0 Å². The lowest BCUT2D eigenvalue weighted by Gasteiger charge is -2.09. The Kier molecular flexibility index (Phi) is 5.55. The second-order valence-electron chi connectivity index (χ2n) is 4.59. The summed E-state index contributed by atoms with van der Waals surface area (Å²) >= 11 is 0.